The molecular formula is C16H34Cl2N2O2Zr-4. The first kappa shape index (κ1) is 29.1. The Bertz CT molecular complexity index is 130. The summed E-state index contributed by atoms with van der Waals surface area (Å²) in [7, 11) is 9.87. The molecule has 0 radical (unpaired) electrons. The third-order valence-corrected chi connectivity index (χ3v) is 2.30. The molecule has 0 aliphatic carbocycles. The van der Waals surface area contributed by atoms with E-state index >= 15 is 0 Å². The first-order valence-corrected chi connectivity index (χ1v) is 14.7. The number of ether oxygens (including phenoxy) is 2. The molecule has 2 rings (SSSR count). The van der Waals surface area contributed by atoms with Gasteiger partial charge in [0, 0.05) is 13.2 Å². The molecule has 0 amide bonds. The summed E-state index contributed by atoms with van der Waals surface area (Å²) in [5, 5.41) is 7.94. The Morgan fingerprint density at radius 3 is 1.13 bits per heavy atom. The second-order valence-corrected chi connectivity index (χ2v) is 7.87. The number of hydrogen-bond acceptors (Lipinski definition) is 2. The van der Waals surface area contributed by atoms with Crippen molar-refractivity contribution in [1.29, 1.82) is 0 Å². The SMILES string of the molecule is CC[N-]CC.CC[N-]CC.[CH-]1CCCO1.[CH-]1CCCO1.[Cl][Zr][Cl]. The fourth-order valence-electron chi connectivity index (χ4n) is 1.28. The Kier molecular flexibility index (Phi) is 43.7. The molecule has 0 N–H and O–H groups in total. The van der Waals surface area contributed by atoms with Gasteiger partial charge in [-0.3, -0.25) is 0 Å². The van der Waals surface area contributed by atoms with E-state index in [1.807, 2.05) is 40.9 Å². The van der Waals surface area contributed by atoms with E-state index in [1.54, 1.807) is 0 Å². The number of hydrogen-bond donors (Lipinski definition) is 0. The quantitative estimate of drug-likeness (QED) is 0.488. The molecule has 23 heavy (non-hydrogen) atoms. The van der Waals surface area contributed by atoms with Crippen LogP contribution in [0, 0.1) is 13.2 Å². The molecule has 0 spiro atoms. The third kappa shape index (κ3) is 45.2. The second-order valence-electron chi connectivity index (χ2n) is 4.14. The summed E-state index contributed by atoms with van der Waals surface area (Å²) in [6, 6.07) is 0. The zero-order valence-electron chi connectivity index (χ0n) is 15.2. The van der Waals surface area contributed by atoms with E-state index in [2.05, 4.69) is 10.6 Å². The molecule has 2 aliphatic heterocycles. The van der Waals surface area contributed by atoms with Crippen molar-refractivity contribution in [3.63, 3.8) is 0 Å². The van der Waals surface area contributed by atoms with Gasteiger partial charge in [-0.2, -0.15) is 39.0 Å². The summed E-state index contributed by atoms with van der Waals surface area (Å²) in [6.07, 6.45) is 4.75. The fourth-order valence-corrected chi connectivity index (χ4v) is 1.28. The first-order chi connectivity index (χ1) is 11.2. The summed E-state index contributed by atoms with van der Waals surface area (Å²) in [4.78, 5) is 0. The molecule has 2 saturated heterocycles. The van der Waals surface area contributed by atoms with Gasteiger partial charge in [0.15, 0.2) is 0 Å². The van der Waals surface area contributed by atoms with Crippen molar-refractivity contribution in [2.24, 2.45) is 0 Å². The maximum atomic E-state index is 4.93. The number of rotatable bonds is 4. The summed E-state index contributed by atoms with van der Waals surface area (Å²) < 4.78 is 9.64. The van der Waals surface area contributed by atoms with Gasteiger partial charge in [0.25, 0.3) is 0 Å². The average molecular weight is 449 g/mol. The van der Waals surface area contributed by atoms with E-state index in [0.717, 1.165) is 52.2 Å². The molecule has 2 fully saturated rings. The molecule has 0 bridgehead atoms. The predicted octanol–water partition coefficient (Wildman–Crippen LogP) is 6.09. The molecule has 0 aromatic rings. The van der Waals surface area contributed by atoms with Crippen molar-refractivity contribution in [3.8, 4) is 0 Å². The normalized spacial score (nSPS) is 14.7. The molecule has 7 heteroatoms. The van der Waals surface area contributed by atoms with E-state index in [4.69, 9.17) is 26.5 Å². The number of halogens is 2. The van der Waals surface area contributed by atoms with Gasteiger partial charge in [-0.25, -0.2) is 13.2 Å². The molecule has 0 saturated carbocycles. The van der Waals surface area contributed by atoms with Crippen LogP contribution in [0.2, 0.25) is 0 Å². The van der Waals surface area contributed by atoms with Crippen LogP contribution >= 0.6 is 17.0 Å². The Morgan fingerprint density at radius 1 is 0.783 bits per heavy atom. The molecule has 142 valence electrons. The molecule has 0 aromatic carbocycles. The Labute approximate surface area is 163 Å². The van der Waals surface area contributed by atoms with E-state index in [0.29, 0.717) is 0 Å². The third-order valence-electron chi connectivity index (χ3n) is 2.30. The summed E-state index contributed by atoms with van der Waals surface area (Å²) in [6.45, 7) is 17.7. The summed E-state index contributed by atoms with van der Waals surface area (Å²) in [5.41, 5.74) is 0. The van der Waals surface area contributed by atoms with Gasteiger partial charge in [-0.1, -0.05) is 40.5 Å². The summed E-state index contributed by atoms with van der Waals surface area (Å²) in [5.74, 6) is 0. The van der Waals surface area contributed by atoms with Crippen molar-refractivity contribution in [2.45, 2.75) is 53.4 Å². The molecule has 0 atom stereocenters. The zero-order chi connectivity index (χ0) is 18.0. The van der Waals surface area contributed by atoms with Gasteiger partial charge in [0.1, 0.15) is 0 Å². The average Bonchev–Trinajstić information content (AvgIpc) is 3.29. The van der Waals surface area contributed by atoms with Crippen molar-refractivity contribution in [3.05, 3.63) is 23.8 Å². The molecule has 2 heterocycles. The van der Waals surface area contributed by atoms with Gasteiger partial charge in [0.2, 0.25) is 0 Å². The van der Waals surface area contributed by atoms with Crippen LogP contribution in [0.25, 0.3) is 10.6 Å². The Hall–Kier alpha value is 1.30. The van der Waals surface area contributed by atoms with Crippen molar-refractivity contribution < 1.29 is 30.3 Å². The molecule has 0 aromatic heterocycles. The van der Waals surface area contributed by atoms with Crippen molar-refractivity contribution in [2.75, 3.05) is 39.4 Å². The predicted molar refractivity (Wildman–Crippen MR) is 99.6 cm³/mol. The molecular weight excluding hydrogens is 414 g/mol. The van der Waals surface area contributed by atoms with Gasteiger partial charge >= 0.3 is 37.9 Å². The first-order valence-electron chi connectivity index (χ1n) is 8.34. The van der Waals surface area contributed by atoms with Crippen LogP contribution < -0.4 is 0 Å². The zero-order valence-corrected chi connectivity index (χ0v) is 19.2. The van der Waals surface area contributed by atoms with Crippen LogP contribution in [0.5, 0.6) is 0 Å². The van der Waals surface area contributed by atoms with Crippen LogP contribution in [-0.4, -0.2) is 39.4 Å². The molecule has 4 nitrogen and oxygen atoms in total. The van der Waals surface area contributed by atoms with Crippen molar-refractivity contribution >= 4 is 17.0 Å². The number of nitrogens with zero attached hydrogens (tertiary/aromatic N) is 2. The molecule has 0 unspecified atom stereocenters. The second kappa shape index (κ2) is 34.6. The van der Waals surface area contributed by atoms with E-state index in [-0.39, 0.29) is 0 Å². The van der Waals surface area contributed by atoms with Gasteiger partial charge in [0.05, 0.1) is 0 Å². The minimum atomic E-state index is -0.826. The van der Waals surface area contributed by atoms with Crippen molar-refractivity contribution in [1.82, 2.24) is 0 Å². The van der Waals surface area contributed by atoms with Crippen LogP contribution in [0.4, 0.5) is 0 Å². The van der Waals surface area contributed by atoms with Gasteiger partial charge < -0.3 is 20.1 Å². The van der Waals surface area contributed by atoms with Crippen LogP contribution in [0.15, 0.2) is 0 Å². The van der Waals surface area contributed by atoms with Gasteiger partial charge in [-0.15, -0.1) is 0 Å². The standard InChI is InChI=1S/2C4H10N.2C4H7O.2ClH.Zr/c2*1-3-5-4-2;2*1-2-4-5-3-1;;;/h2*3-4H2,1-2H3;2*3H,1-2,4H2;2*1H;/q4*-1;;;+2/p-2. The Morgan fingerprint density at radius 2 is 1.09 bits per heavy atom. The van der Waals surface area contributed by atoms with E-state index in [1.165, 1.54) is 12.8 Å². The van der Waals surface area contributed by atoms with Gasteiger partial charge in [-0.05, 0) is 0 Å². The fraction of sp³-hybridized carbons (Fsp3) is 0.875. The van der Waals surface area contributed by atoms with Crippen LogP contribution in [0.3, 0.4) is 0 Å². The summed E-state index contributed by atoms with van der Waals surface area (Å²) >= 11 is -0.826. The Balaban J connectivity index is -0.000000220. The minimum absolute atomic E-state index is 0.826. The topological polar surface area (TPSA) is 46.7 Å². The van der Waals surface area contributed by atoms with E-state index in [9.17, 15) is 0 Å². The van der Waals surface area contributed by atoms with Crippen LogP contribution in [-0.2, 0) is 30.3 Å². The monoisotopic (exact) mass is 446 g/mol. The molecule has 2 aliphatic rings. The van der Waals surface area contributed by atoms with Crippen LogP contribution in [0.1, 0.15) is 53.4 Å². The van der Waals surface area contributed by atoms with E-state index < -0.39 is 20.8 Å². The maximum absolute atomic E-state index is 4.93.